The summed E-state index contributed by atoms with van der Waals surface area (Å²) in [6.45, 7) is 3.25. The van der Waals surface area contributed by atoms with Gasteiger partial charge < -0.3 is 10.0 Å². The molecule has 2 heterocycles. The third kappa shape index (κ3) is 5.60. The number of amides is 1. The fourth-order valence-electron chi connectivity index (χ4n) is 3.98. The predicted octanol–water partition coefficient (Wildman–Crippen LogP) is 3.29. The van der Waals surface area contributed by atoms with Gasteiger partial charge in [0, 0.05) is 30.6 Å². The second kappa shape index (κ2) is 9.63. The largest absolute Gasteiger partial charge is 0.389 e. The molecule has 0 bridgehead atoms. The molecular formula is C24H26ClN5O2. The van der Waals surface area contributed by atoms with Gasteiger partial charge in [-0.25, -0.2) is 0 Å². The van der Waals surface area contributed by atoms with Crippen LogP contribution in [0.4, 0.5) is 0 Å². The van der Waals surface area contributed by atoms with E-state index in [1.165, 1.54) is 4.80 Å². The topological polar surface area (TPSA) is 84.1 Å². The molecule has 0 unspecified atom stereocenters. The average molecular weight is 452 g/mol. The molecule has 0 spiro atoms. The summed E-state index contributed by atoms with van der Waals surface area (Å²) in [6, 6.07) is 15.5. The molecule has 1 aliphatic rings. The number of piperidine rings is 1. The summed E-state index contributed by atoms with van der Waals surface area (Å²) in [6.07, 6.45) is 5.10. The van der Waals surface area contributed by atoms with Crippen molar-refractivity contribution >= 4 is 23.6 Å². The maximum absolute atomic E-state index is 12.8. The Hall–Kier alpha value is -3.03. The Bertz CT molecular complexity index is 1100. The lowest BCUT2D eigenvalue weighted by Crippen LogP contribution is -2.47. The fraction of sp³-hybridized carbons (Fsp3) is 0.333. The zero-order chi connectivity index (χ0) is 22.6. The normalized spacial score (nSPS) is 15.9. The lowest BCUT2D eigenvalue weighted by atomic mass is 9.85. The fourth-order valence-corrected chi connectivity index (χ4v) is 4.17. The monoisotopic (exact) mass is 451 g/mol. The van der Waals surface area contributed by atoms with Gasteiger partial charge in [-0.2, -0.15) is 4.80 Å². The molecule has 1 N–H and O–H groups in total. The van der Waals surface area contributed by atoms with Crippen molar-refractivity contribution in [1.82, 2.24) is 25.1 Å². The highest BCUT2D eigenvalue weighted by Crippen LogP contribution is 2.27. The number of rotatable bonds is 6. The molecule has 1 amide bonds. The number of aromatic nitrogens is 4. The standard InChI is InChI=1S/C24H26ClN5O2/c1-18-26-28-30(27-18)17-21-15-22(25)9-7-20(21)8-10-23(31)29-13-11-24(32,12-14-29)16-19-5-3-2-4-6-19/h2-10,15,32H,11-14,16-17H2,1H3/b10-8+. The summed E-state index contributed by atoms with van der Waals surface area (Å²) in [7, 11) is 0. The van der Waals surface area contributed by atoms with Gasteiger partial charge in [-0.1, -0.05) is 48.0 Å². The van der Waals surface area contributed by atoms with Gasteiger partial charge in [0.2, 0.25) is 5.91 Å². The van der Waals surface area contributed by atoms with Crippen molar-refractivity contribution in [2.24, 2.45) is 0 Å². The first-order valence-corrected chi connectivity index (χ1v) is 11.0. The molecule has 8 heteroatoms. The molecule has 2 aromatic carbocycles. The Morgan fingerprint density at radius 3 is 2.62 bits per heavy atom. The highest BCUT2D eigenvalue weighted by molar-refractivity contribution is 6.30. The number of aryl methyl sites for hydroxylation is 1. The number of nitrogens with zero attached hydrogens (tertiary/aromatic N) is 5. The van der Waals surface area contributed by atoms with Gasteiger partial charge in [-0.15, -0.1) is 10.2 Å². The molecule has 166 valence electrons. The summed E-state index contributed by atoms with van der Waals surface area (Å²) in [5.74, 6) is 0.527. The van der Waals surface area contributed by atoms with Crippen molar-refractivity contribution in [1.29, 1.82) is 0 Å². The molecule has 1 aliphatic heterocycles. The molecule has 32 heavy (non-hydrogen) atoms. The second-order valence-corrected chi connectivity index (χ2v) is 8.69. The van der Waals surface area contributed by atoms with E-state index in [0.29, 0.717) is 49.7 Å². The van der Waals surface area contributed by atoms with Crippen molar-refractivity contribution < 1.29 is 9.90 Å². The maximum Gasteiger partial charge on any atom is 0.246 e. The smallest absolute Gasteiger partial charge is 0.246 e. The summed E-state index contributed by atoms with van der Waals surface area (Å²) in [5, 5.41) is 23.7. The van der Waals surface area contributed by atoms with Gasteiger partial charge in [0.25, 0.3) is 0 Å². The van der Waals surface area contributed by atoms with Crippen LogP contribution in [0.25, 0.3) is 6.08 Å². The Balaban J connectivity index is 1.39. The minimum atomic E-state index is -0.770. The van der Waals surface area contributed by atoms with Crippen LogP contribution in [0.15, 0.2) is 54.6 Å². The molecule has 3 aromatic rings. The van der Waals surface area contributed by atoms with Gasteiger partial charge in [0.05, 0.1) is 12.1 Å². The van der Waals surface area contributed by atoms with Gasteiger partial charge in [0.1, 0.15) is 0 Å². The van der Waals surface area contributed by atoms with E-state index < -0.39 is 5.60 Å². The molecule has 1 saturated heterocycles. The lowest BCUT2D eigenvalue weighted by molar-refractivity contribution is -0.130. The summed E-state index contributed by atoms with van der Waals surface area (Å²) in [4.78, 5) is 16.1. The van der Waals surface area contributed by atoms with E-state index in [9.17, 15) is 9.90 Å². The maximum atomic E-state index is 12.8. The molecule has 1 aromatic heterocycles. The number of hydrogen-bond acceptors (Lipinski definition) is 5. The summed E-state index contributed by atoms with van der Waals surface area (Å²) < 4.78 is 0. The molecule has 0 aliphatic carbocycles. The Morgan fingerprint density at radius 2 is 1.94 bits per heavy atom. The van der Waals surface area contributed by atoms with Crippen LogP contribution in [0.1, 0.15) is 35.4 Å². The number of tetrazole rings is 1. The number of carbonyl (C=O) groups excluding carboxylic acids is 1. The Labute approximate surface area is 192 Å². The SMILES string of the molecule is Cc1nnn(Cc2cc(Cl)ccc2/C=C/C(=O)N2CCC(O)(Cc3ccccc3)CC2)n1. The van der Waals surface area contributed by atoms with E-state index >= 15 is 0 Å². The van der Waals surface area contributed by atoms with E-state index in [0.717, 1.165) is 16.7 Å². The molecule has 0 radical (unpaired) electrons. The zero-order valence-corrected chi connectivity index (χ0v) is 18.7. The number of hydrogen-bond donors (Lipinski definition) is 1. The van der Waals surface area contributed by atoms with Gasteiger partial charge in [0.15, 0.2) is 5.82 Å². The Morgan fingerprint density at radius 1 is 1.19 bits per heavy atom. The minimum Gasteiger partial charge on any atom is -0.389 e. The first-order chi connectivity index (χ1) is 15.4. The number of carbonyl (C=O) groups is 1. The van der Waals surface area contributed by atoms with Crippen molar-refractivity contribution in [3.05, 3.63) is 82.1 Å². The van der Waals surface area contributed by atoms with Crippen LogP contribution in [0, 0.1) is 6.92 Å². The summed E-state index contributed by atoms with van der Waals surface area (Å²) in [5.41, 5.74) is 2.11. The van der Waals surface area contributed by atoms with E-state index in [1.54, 1.807) is 30.0 Å². The number of halogens is 1. The third-order valence-corrected chi connectivity index (χ3v) is 5.99. The van der Waals surface area contributed by atoms with Crippen LogP contribution >= 0.6 is 11.6 Å². The first-order valence-electron chi connectivity index (χ1n) is 10.7. The molecular weight excluding hydrogens is 426 g/mol. The molecule has 4 rings (SSSR count). The minimum absolute atomic E-state index is 0.0672. The van der Waals surface area contributed by atoms with Gasteiger partial charge in [-0.3, -0.25) is 4.79 Å². The second-order valence-electron chi connectivity index (χ2n) is 8.26. The van der Waals surface area contributed by atoms with Crippen molar-refractivity contribution in [3.8, 4) is 0 Å². The predicted molar refractivity (Wildman–Crippen MR) is 123 cm³/mol. The highest BCUT2D eigenvalue weighted by Gasteiger charge is 2.33. The molecule has 0 atom stereocenters. The Kier molecular flexibility index (Phi) is 6.67. The summed E-state index contributed by atoms with van der Waals surface area (Å²) >= 11 is 6.17. The van der Waals surface area contributed by atoms with E-state index in [1.807, 2.05) is 42.5 Å². The first kappa shape index (κ1) is 22.2. The third-order valence-electron chi connectivity index (χ3n) is 5.76. The van der Waals surface area contributed by atoms with E-state index in [4.69, 9.17) is 11.6 Å². The molecule has 7 nitrogen and oxygen atoms in total. The van der Waals surface area contributed by atoms with Crippen LogP contribution < -0.4 is 0 Å². The number of benzene rings is 2. The number of likely N-dealkylation sites (tertiary alicyclic amines) is 1. The van der Waals surface area contributed by atoms with Gasteiger partial charge in [-0.05, 0) is 59.9 Å². The highest BCUT2D eigenvalue weighted by atomic mass is 35.5. The number of aliphatic hydroxyl groups is 1. The molecule has 1 fully saturated rings. The van der Waals surface area contributed by atoms with E-state index in [-0.39, 0.29) is 5.91 Å². The van der Waals surface area contributed by atoms with Crippen molar-refractivity contribution in [2.75, 3.05) is 13.1 Å². The van der Waals surface area contributed by atoms with Crippen LogP contribution in [-0.4, -0.2) is 54.8 Å². The van der Waals surface area contributed by atoms with Crippen molar-refractivity contribution in [2.45, 2.75) is 38.3 Å². The van der Waals surface area contributed by atoms with Crippen LogP contribution in [0.2, 0.25) is 5.02 Å². The quantitative estimate of drug-likeness (QED) is 0.581. The van der Waals surface area contributed by atoms with Crippen LogP contribution in [-0.2, 0) is 17.8 Å². The van der Waals surface area contributed by atoms with Crippen molar-refractivity contribution in [3.63, 3.8) is 0 Å². The van der Waals surface area contributed by atoms with Crippen LogP contribution in [0.3, 0.4) is 0 Å². The molecule has 0 saturated carbocycles. The van der Waals surface area contributed by atoms with Crippen LogP contribution in [0.5, 0.6) is 0 Å². The lowest BCUT2D eigenvalue weighted by Gasteiger charge is -2.38. The van der Waals surface area contributed by atoms with Gasteiger partial charge >= 0.3 is 0 Å². The zero-order valence-electron chi connectivity index (χ0n) is 18.0. The average Bonchev–Trinajstić information content (AvgIpc) is 3.18. The van der Waals surface area contributed by atoms with E-state index in [2.05, 4.69) is 15.4 Å².